The first-order valence-electron chi connectivity index (χ1n) is 9.21. The number of likely N-dealkylation sites (tertiary alicyclic amines) is 1. The standard InChI is InChI=1S/C20H28N2O4/c1-14-6-8-16(9-7-14)18(21-15(2)23)13-19(24)22-12-4-3-5-17(22)10-11-20(25)26/h6-9,17-18H,3-5,10-13H2,1-2H3,(H,21,23)(H,25,26)/t17-,18-/m0/s1. The first-order chi connectivity index (χ1) is 12.4. The Labute approximate surface area is 154 Å². The van der Waals surface area contributed by atoms with E-state index in [4.69, 9.17) is 5.11 Å². The van der Waals surface area contributed by atoms with Gasteiger partial charge >= 0.3 is 5.97 Å². The minimum absolute atomic E-state index is 0.0247. The molecule has 1 saturated heterocycles. The molecule has 2 atom stereocenters. The Morgan fingerprint density at radius 3 is 2.54 bits per heavy atom. The zero-order chi connectivity index (χ0) is 19.1. The first-order valence-corrected chi connectivity index (χ1v) is 9.21. The monoisotopic (exact) mass is 360 g/mol. The molecule has 1 heterocycles. The molecule has 142 valence electrons. The molecule has 6 nitrogen and oxygen atoms in total. The number of carbonyl (C=O) groups is 3. The molecule has 2 rings (SSSR count). The largest absolute Gasteiger partial charge is 0.481 e. The second kappa shape index (κ2) is 9.36. The Bertz CT molecular complexity index is 642. The van der Waals surface area contributed by atoms with Crippen molar-refractivity contribution in [2.45, 2.75) is 64.5 Å². The van der Waals surface area contributed by atoms with Gasteiger partial charge in [-0.1, -0.05) is 29.8 Å². The lowest BCUT2D eigenvalue weighted by molar-refractivity contribution is -0.140. The molecule has 1 aliphatic rings. The maximum atomic E-state index is 12.9. The van der Waals surface area contributed by atoms with Crippen LogP contribution in [0.1, 0.15) is 62.6 Å². The minimum Gasteiger partial charge on any atom is -0.481 e. The van der Waals surface area contributed by atoms with E-state index in [0.29, 0.717) is 13.0 Å². The molecule has 2 amide bonds. The van der Waals surface area contributed by atoms with E-state index in [1.165, 1.54) is 6.92 Å². The molecule has 2 N–H and O–H groups in total. The molecule has 0 saturated carbocycles. The summed E-state index contributed by atoms with van der Waals surface area (Å²) >= 11 is 0. The smallest absolute Gasteiger partial charge is 0.303 e. The highest BCUT2D eigenvalue weighted by Crippen LogP contribution is 2.25. The van der Waals surface area contributed by atoms with Crippen LogP contribution >= 0.6 is 0 Å². The van der Waals surface area contributed by atoms with E-state index in [1.807, 2.05) is 36.1 Å². The van der Waals surface area contributed by atoms with E-state index < -0.39 is 5.97 Å². The highest BCUT2D eigenvalue weighted by Gasteiger charge is 2.29. The van der Waals surface area contributed by atoms with Crippen molar-refractivity contribution in [3.8, 4) is 0 Å². The van der Waals surface area contributed by atoms with E-state index >= 15 is 0 Å². The number of nitrogens with one attached hydrogen (secondary N) is 1. The van der Waals surface area contributed by atoms with E-state index in [0.717, 1.165) is 30.4 Å². The van der Waals surface area contributed by atoms with Crippen molar-refractivity contribution in [3.63, 3.8) is 0 Å². The summed E-state index contributed by atoms with van der Waals surface area (Å²) in [6.45, 7) is 4.09. The van der Waals surface area contributed by atoms with E-state index in [2.05, 4.69) is 5.32 Å². The second-order valence-corrected chi connectivity index (χ2v) is 7.04. The third kappa shape index (κ3) is 5.86. The molecule has 6 heteroatoms. The fourth-order valence-electron chi connectivity index (χ4n) is 3.51. The highest BCUT2D eigenvalue weighted by atomic mass is 16.4. The number of nitrogens with zero attached hydrogens (tertiary/aromatic N) is 1. The Hall–Kier alpha value is -2.37. The van der Waals surface area contributed by atoms with Gasteiger partial charge in [-0.05, 0) is 38.2 Å². The fourth-order valence-corrected chi connectivity index (χ4v) is 3.51. The Morgan fingerprint density at radius 2 is 1.92 bits per heavy atom. The van der Waals surface area contributed by atoms with E-state index in [-0.39, 0.29) is 36.7 Å². The van der Waals surface area contributed by atoms with Crippen LogP contribution in [-0.2, 0) is 14.4 Å². The van der Waals surface area contributed by atoms with Gasteiger partial charge in [-0.3, -0.25) is 14.4 Å². The molecule has 0 bridgehead atoms. The summed E-state index contributed by atoms with van der Waals surface area (Å²) in [6.07, 6.45) is 3.53. The maximum absolute atomic E-state index is 12.9. The van der Waals surface area contributed by atoms with Crippen molar-refractivity contribution in [1.82, 2.24) is 10.2 Å². The van der Waals surface area contributed by atoms with Crippen LogP contribution in [0.5, 0.6) is 0 Å². The van der Waals surface area contributed by atoms with E-state index in [1.54, 1.807) is 0 Å². The van der Waals surface area contributed by atoms with Gasteiger partial charge < -0.3 is 15.3 Å². The fraction of sp³-hybridized carbons (Fsp3) is 0.550. The highest BCUT2D eigenvalue weighted by molar-refractivity contribution is 5.79. The van der Waals surface area contributed by atoms with Crippen molar-refractivity contribution in [1.29, 1.82) is 0 Å². The van der Waals surface area contributed by atoms with Gasteiger partial charge in [0.15, 0.2) is 0 Å². The normalized spacial score (nSPS) is 18.2. The molecule has 1 aromatic rings. The molecule has 0 radical (unpaired) electrons. The van der Waals surface area contributed by atoms with Crippen LogP contribution in [-0.4, -0.2) is 40.4 Å². The number of amides is 2. The Kier molecular flexibility index (Phi) is 7.18. The van der Waals surface area contributed by atoms with Crippen molar-refractivity contribution in [3.05, 3.63) is 35.4 Å². The summed E-state index contributed by atoms with van der Waals surface area (Å²) in [6, 6.07) is 7.39. The number of carboxylic acids is 1. The summed E-state index contributed by atoms with van der Waals surface area (Å²) in [5, 5.41) is 11.8. The van der Waals surface area contributed by atoms with E-state index in [9.17, 15) is 14.4 Å². The van der Waals surface area contributed by atoms with Crippen LogP contribution in [0, 0.1) is 6.92 Å². The van der Waals surface area contributed by atoms with Gasteiger partial charge in [0.1, 0.15) is 0 Å². The maximum Gasteiger partial charge on any atom is 0.303 e. The molecule has 0 spiro atoms. The SMILES string of the molecule is CC(=O)N[C@@H](CC(=O)N1CCCC[C@H]1CCC(=O)O)c1ccc(C)cc1. The van der Waals surface area contributed by atoms with Gasteiger partial charge in [0.2, 0.25) is 11.8 Å². The molecule has 0 aliphatic carbocycles. The van der Waals surface area contributed by atoms with Gasteiger partial charge in [-0.2, -0.15) is 0 Å². The van der Waals surface area contributed by atoms with Crippen LogP contribution in [0.25, 0.3) is 0 Å². The lowest BCUT2D eigenvalue weighted by Gasteiger charge is -2.36. The van der Waals surface area contributed by atoms with Crippen molar-refractivity contribution in [2.24, 2.45) is 0 Å². The number of piperidine rings is 1. The molecular weight excluding hydrogens is 332 g/mol. The molecule has 1 aliphatic heterocycles. The lowest BCUT2D eigenvalue weighted by atomic mass is 9.95. The lowest BCUT2D eigenvalue weighted by Crippen LogP contribution is -2.45. The number of carboxylic acid groups (broad SMARTS) is 1. The van der Waals surface area contributed by atoms with Gasteiger partial charge in [0.05, 0.1) is 12.5 Å². The summed E-state index contributed by atoms with van der Waals surface area (Å²) < 4.78 is 0. The van der Waals surface area contributed by atoms with Crippen molar-refractivity contribution >= 4 is 17.8 Å². The number of rotatable bonds is 7. The molecule has 1 fully saturated rings. The summed E-state index contributed by atoms with van der Waals surface area (Å²) in [7, 11) is 0. The number of aliphatic carboxylic acids is 1. The van der Waals surface area contributed by atoms with Crippen LogP contribution in [0.3, 0.4) is 0 Å². The Balaban J connectivity index is 2.09. The minimum atomic E-state index is -0.834. The number of aryl methyl sites for hydroxylation is 1. The predicted molar refractivity (Wildman–Crippen MR) is 98.6 cm³/mol. The molecule has 26 heavy (non-hydrogen) atoms. The van der Waals surface area contributed by atoms with Crippen molar-refractivity contribution < 1.29 is 19.5 Å². The summed E-state index contributed by atoms with van der Waals surface area (Å²) in [5.74, 6) is -1.04. The zero-order valence-electron chi connectivity index (χ0n) is 15.5. The Morgan fingerprint density at radius 1 is 1.23 bits per heavy atom. The van der Waals surface area contributed by atoms with Gasteiger partial charge in [-0.25, -0.2) is 0 Å². The predicted octanol–water partition coefficient (Wildman–Crippen LogP) is 2.81. The average Bonchev–Trinajstić information content (AvgIpc) is 2.60. The molecule has 0 aromatic heterocycles. The second-order valence-electron chi connectivity index (χ2n) is 7.04. The third-order valence-electron chi connectivity index (χ3n) is 4.87. The number of benzene rings is 1. The molecule has 1 aromatic carbocycles. The third-order valence-corrected chi connectivity index (χ3v) is 4.87. The van der Waals surface area contributed by atoms with Crippen LogP contribution in [0.15, 0.2) is 24.3 Å². The topological polar surface area (TPSA) is 86.7 Å². The molecular formula is C20H28N2O4. The summed E-state index contributed by atoms with van der Waals surface area (Å²) in [5.41, 5.74) is 2.02. The number of hydrogen-bond acceptors (Lipinski definition) is 3. The number of carbonyl (C=O) groups excluding carboxylic acids is 2. The molecule has 0 unspecified atom stereocenters. The van der Waals surface area contributed by atoms with Crippen LogP contribution in [0.4, 0.5) is 0 Å². The number of hydrogen-bond donors (Lipinski definition) is 2. The van der Waals surface area contributed by atoms with Crippen LogP contribution < -0.4 is 5.32 Å². The first kappa shape index (κ1) is 19.9. The zero-order valence-corrected chi connectivity index (χ0v) is 15.5. The van der Waals surface area contributed by atoms with Gasteiger partial charge in [0.25, 0.3) is 0 Å². The van der Waals surface area contributed by atoms with Crippen molar-refractivity contribution in [2.75, 3.05) is 6.54 Å². The average molecular weight is 360 g/mol. The summed E-state index contributed by atoms with van der Waals surface area (Å²) in [4.78, 5) is 37.2. The van der Waals surface area contributed by atoms with Gasteiger partial charge in [-0.15, -0.1) is 0 Å². The van der Waals surface area contributed by atoms with Crippen LogP contribution in [0.2, 0.25) is 0 Å². The quantitative estimate of drug-likeness (QED) is 0.783. The van der Waals surface area contributed by atoms with Gasteiger partial charge in [0, 0.05) is 25.9 Å².